The van der Waals surface area contributed by atoms with Crippen LogP contribution in [0, 0.1) is 0 Å². The van der Waals surface area contributed by atoms with E-state index in [1.54, 1.807) is 24.3 Å². The summed E-state index contributed by atoms with van der Waals surface area (Å²) >= 11 is 0. The van der Waals surface area contributed by atoms with E-state index in [1.165, 1.54) is 0 Å². The highest BCUT2D eigenvalue weighted by Crippen LogP contribution is 2.16. The SMILES string of the molecule is O=C(NCc1nnc2ccccn12)c1cccc(NC(=O)C2CCCO2)c1. The van der Waals surface area contributed by atoms with Crippen LogP contribution in [0.5, 0.6) is 0 Å². The third-order valence-corrected chi connectivity index (χ3v) is 4.41. The van der Waals surface area contributed by atoms with Crippen LogP contribution in [-0.2, 0) is 16.1 Å². The molecule has 1 aliphatic heterocycles. The Morgan fingerprint density at radius 3 is 2.96 bits per heavy atom. The van der Waals surface area contributed by atoms with Gasteiger partial charge in [-0.2, -0.15) is 0 Å². The summed E-state index contributed by atoms with van der Waals surface area (Å²) in [4.78, 5) is 24.6. The quantitative estimate of drug-likeness (QED) is 0.718. The van der Waals surface area contributed by atoms with Crippen LogP contribution in [0.3, 0.4) is 0 Å². The van der Waals surface area contributed by atoms with Crippen LogP contribution in [0.15, 0.2) is 48.7 Å². The van der Waals surface area contributed by atoms with Crippen LogP contribution in [-0.4, -0.2) is 39.1 Å². The van der Waals surface area contributed by atoms with Gasteiger partial charge in [0.25, 0.3) is 11.8 Å². The highest BCUT2D eigenvalue weighted by atomic mass is 16.5. The molecule has 0 spiro atoms. The molecule has 1 saturated heterocycles. The molecule has 8 nitrogen and oxygen atoms in total. The summed E-state index contributed by atoms with van der Waals surface area (Å²) in [6, 6.07) is 12.4. The molecular weight excluding hydrogens is 346 g/mol. The van der Waals surface area contributed by atoms with E-state index in [9.17, 15) is 9.59 Å². The highest BCUT2D eigenvalue weighted by molar-refractivity contribution is 5.98. The van der Waals surface area contributed by atoms with Crippen molar-refractivity contribution in [1.82, 2.24) is 19.9 Å². The minimum atomic E-state index is -0.413. The first-order valence-corrected chi connectivity index (χ1v) is 8.80. The first-order chi connectivity index (χ1) is 13.2. The molecule has 1 fully saturated rings. The minimum Gasteiger partial charge on any atom is -0.368 e. The van der Waals surface area contributed by atoms with Crippen molar-refractivity contribution < 1.29 is 14.3 Å². The molecule has 1 unspecified atom stereocenters. The second-order valence-corrected chi connectivity index (χ2v) is 6.30. The maximum Gasteiger partial charge on any atom is 0.253 e. The van der Waals surface area contributed by atoms with E-state index in [0.717, 1.165) is 18.5 Å². The van der Waals surface area contributed by atoms with Gasteiger partial charge in [0.15, 0.2) is 11.5 Å². The van der Waals surface area contributed by atoms with Crippen molar-refractivity contribution in [2.45, 2.75) is 25.5 Å². The van der Waals surface area contributed by atoms with Gasteiger partial charge >= 0.3 is 0 Å². The molecule has 4 rings (SSSR count). The number of pyridine rings is 1. The molecule has 1 aromatic carbocycles. The van der Waals surface area contributed by atoms with Gasteiger partial charge in [-0.25, -0.2) is 0 Å². The lowest BCUT2D eigenvalue weighted by atomic mass is 10.1. The summed E-state index contributed by atoms with van der Waals surface area (Å²) in [5.74, 6) is 0.206. The third-order valence-electron chi connectivity index (χ3n) is 4.41. The Kier molecular flexibility index (Phi) is 4.80. The molecular formula is C19H19N5O3. The fourth-order valence-corrected chi connectivity index (χ4v) is 3.02. The fourth-order valence-electron chi connectivity index (χ4n) is 3.02. The Morgan fingerprint density at radius 1 is 1.19 bits per heavy atom. The number of amides is 2. The van der Waals surface area contributed by atoms with Crippen LogP contribution < -0.4 is 10.6 Å². The maximum absolute atomic E-state index is 12.5. The molecule has 2 N–H and O–H groups in total. The minimum absolute atomic E-state index is 0.181. The number of benzene rings is 1. The van der Waals surface area contributed by atoms with Gasteiger partial charge < -0.3 is 15.4 Å². The number of carbonyl (C=O) groups excluding carboxylic acids is 2. The number of rotatable bonds is 5. The molecule has 138 valence electrons. The average molecular weight is 365 g/mol. The van der Waals surface area contributed by atoms with Crippen molar-refractivity contribution in [3.63, 3.8) is 0 Å². The van der Waals surface area contributed by atoms with Gasteiger partial charge in [-0.15, -0.1) is 10.2 Å². The van der Waals surface area contributed by atoms with Gasteiger partial charge in [-0.1, -0.05) is 12.1 Å². The summed E-state index contributed by atoms with van der Waals surface area (Å²) < 4.78 is 7.19. The van der Waals surface area contributed by atoms with Crippen molar-refractivity contribution in [2.75, 3.05) is 11.9 Å². The molecule has 3 aromatic rings. The van der Waals surface area contributed by atoms with Crippen molar-refractivity contribution in [1.29, 1.82) is 0 Å². The molecule has 0 saturated carbocycles. The molecule has 1 atom stereocenters. The standard InChI is InChI=1S/C19H19N5O3/c25-18(20-12-17-23-22-16-8-1-2-9-24(16)17)13-5-3-6-14(11-13)21-19(26)15-7-4-10-27-15/h1-3,5-6,8-9,11,15H,4,7,10,12H2,(H,20,25)(H,21,26). The van der Waals surface area contributed by atoms with Gasteiger partial charge in [-0.05, 0) is 43.2 Å². The van der Waals surface area contributed by atoms with E-state index in [0.29, 0.717) is 23.7 Å². The first kappa shape index (κ1) is 17.2. The number of ether oxygens (including phenoxy) is 1. The fraction of sp³-hybridized carbons (Fsp3) is 0.263. The Labute approximate surface area is 155 Å². The van der Waals surface area contributed by atoms with E-state index in [1.807, 2.05) is 28.8 Å². The molecule has 0 aliphatic carbocycles. The third kappa shape index (κ3) is 3.80. The van der Waals surface area contributed by atoms with Crippen LogP contribution in [0.1, 0.15) is 29.0 Å². The molecule has 1 aliphatic rings. The molecule has 2 aromatic heterocycles. The Hall–Kier alpha value is -3.26. The molecule has 0 radical (unpaired) electrons. The number of aromatic nitrogens is 3. The zero-order valence-corrected chi connectivity index (χ0v) is 14.6. The van der Waals surface area contributed by atoms with Gasteiger partial charge in [0.05, 0.1) is 6.54 Å². The smallest absolute Gasteiger partial charge is 0.253 e. The van der Waals surface area contributed by atoms with Crippen molar-refractivity contribution in [3.8, 4) is 0 Å². The number of fused-ring (bicyclic) bond motifs is 1. The lowest BCUT2D eigenvalue weighted by Crippen LogP contribution is -2.27. The number of hydrogen-bond donors (Lipinski definition) is 2. The van der Waals surface area contributed by atoms with E-state index in [-0.39, 0.29) is 18.4 Å². The largest absolute Gasteiger partial charge is 0.368 e. The van der Waals surface area contributed by atoms with Crippen LogP contribution in [0.25, 0.3) is 5.65 Å². The van der Waals surface area contributed by atoms with Crippen molar-refractivity contribution in [2.24, 2.45) is 0 Å². The zero-order valence-electron chi connectivity index (χ0n) is 14.6. The number of hydrogen-bond acceptors (Lipinski definition) is 5. The summed E-state index contributed by atoms with van der Waals surface area (Å²) in [6.07, 6.45) is 3.04. The van der Waals surface area contributed by atoms with Crippen molar-refractivity contribution >= 4 is 23.1 Å². The normalized spacial score (nSPS) is 16.4. The highest BCUT2D eigenvalue weighted by Gasteiger charge is 2.23. The molecule has 3 heterocycles. The molecule has 27 heavy (non-hydrogen) atoms. The van der Waals surface area contributed by atoms with E-state index in [4.69, 9.17) is 4.74 Å². The number of nitrogens with one attached hydrogen (secondary N) is 2. The van der Waals surface area contributed by atoms with E-state index in [2.05, 4.69) is 20.8 Å². The summed E-state index contributed by atoms with van der Waals surface area (Å²) in [5, 5.41) is 13.8. The van der Waals surface area contributed by atoms with Gasteiger partial charge in [-0.3, -0.25) is 14.0 Å². The Morgan fingerprint density at radius 2 is 2.11 bits per heavy atom. The van der Waals surface area contributed by atoms with Crippen LogP contribution in [0.4, 0.5) is 5.69 Å². The summed E-state index contributed by atoms with van der Waals surface area (Å²) in [7, 11) is 0. The van der Waals surface area contributed by atoms with Crippen molar-refractivity contribution in [3.05, 3.63) is 60.0 Å². The van der Waals surface area contributed by atoms with Gasteiger partial charge in [0, 0.05) is 24.1 Å². The second-order valence-electron chi connectivity index (χ2n) is 6.30. The van der Waals surface area contributed by atoms with Gasteiger partial charge in [0.2, 0.25) is 0 Å². The van der Waals surface area contributed by atoms with Gasteiger partial charge in [0.1, 0.15) is 6.10 Å². The lowest BCUT2D eigenvalue weighted by Gasteiger charge is -2.11. The number of anilines is 1. The molecule has 0 bridgehead atoms. The average Bonchev–Trinajstić information content (AvgIpc) is 3.36. The van der Waals surface area contributed by atoms with E-state index < -0.39 is 6.10 Å². The second kappa shape index (κ2) is 7.55. The number of nitrogens with zero attached hydrogens (tertiary/aromatic N) is 3. The summed E-state index contributed by atoms with van der Waals surface area (Å²) in [6.45, 7) is 0.856. The number of carbonyl (C=O) groups is 2. The first-order valence-electron chi connectivity index (χ1n) is 8.80. The lowest BCUT2D eigenvalue weighted by molar-refractivity contribution is -0.124. The van der Waals surface area contributed by atoms with Crippen LogP contribution >= 0.6 is 0 Å². The molecule has 8 heteroatoms. The molecule has 2 amide bonds. The Balaban J connectivity index is 1.40. The maximum atomic E-state index is 12.5. The van der Waals surface area contributed by atoms with Crippen LogP contribution in [0.2, 0.25) is 0 Å². The monoisotopic (exact) mass is 365 g/mol. The zero-order chi connectivity index (χ0) is 18.6. The predicted molar refractivity (Wildman–Crippen MR) is 98.2 cm³/mol. The summed E-state index contributed by atoms with van der Waals surface area (Å²) in [5.41, 5.74) is 1.74. The van der Waals surface area contributed by atoms with E-state index >= 15 is 0 Å². The Bertz CT molecular complexity index is 978. The topological polar surface area (TPSA) is 97.6 Å². The predicted octanol–water partition coefficient (Wildman–Crippen LogP) is 1.78.